The smallest absolute Gasteiger partial charge is 0.338 e. The Morgan fingerprint density at radius 2 is 1.92 bits per heavy atom. The first kappa shape index (κ1) is 23.5. The predicted octanol–water partition coefficient (Wildman–Crippen LogP) is 3.20. The maximum atomic E-state index is 13.8. The van der Waals surface area contributed by atoms with Gasteiger partial charge in [0.1, 0.15) is 5.75 Å². The Balaban J connectivity index is 1.69. The van der Waals surface area contributed by atoms with Crippen molar-refractivity contribution in [2.75, 3.05) is 13.7 Å². The average Bonchev–Trinajstić information content (AvgIpc) is 3.48. The van der Waals surface area contributed by atoms with Crippen LogP contribution < -0.4 is 19.6 Å². The molecule has 0 fully saturated rings. The van der Waals surface area contributed by atoms with Crippen molar-refractivity contribution < 1.29 is 14.3 Å². The summed E-state index contributed by atoms with van der Waals surface area (Å²) in [6, 6.07) is 16.4. The normalized spacial score (nSPS) is 15.4. The highest BCUT2D eigenvalue weighted by Crippen LogP contribution is 2.31. The first-order valence-electron chi connectivity index (χ1n) is 11.4. The second-order valence-corrected chi connectivity index (χ2v) is 9.15. The summed E-state index contributed by atoms with van der Waals surface area (Å²) in [5.74, 6) is 0.188. The zero-order valence-electron chi connectivity index (χ0n) is 20.0. The summed E-state index contributed by atoms with van der Waals surface area (Å²) in [5.41, 5.74) is 3.95. The SMILES string of the molecule is CCOC(=O)C1=C(C)N=c2sc(=Cc3cn[nH]c3-c3ccccc3)c(=O)n2[C@H]1c1ccc(OC)cc1. The first-order chi connectivity index (χ1) is 17.5. The molecule has 5 rings (SSSR count). The number of thiazole rings is 1. The van der Waals surface area contributed by atoms with Gasteiger partial charge in [-0.05, 0) is 37.6 Å². The van der Waals surface area contributed by atoms with Gasteiger partial charge in [-0.1, -0.05) is 53.8 Å². The molecule has 2 aromatic heterocycles. The molecule has 1 atom stereocenters. The van der Waals surface area contributed by atoms with Crippen LogP contribution in [-0.4, -0.2) is 34.5 Å². The molecule has 9 heteroatoms. The summed E-state index contributed by atoms with van der Waals surface area (Å²) in [6.45, 7) is 3.74. The lowest BCUT2D eigenvalue weighted by atomic mass is 9.96. The number of allylic oxidation sites excluding steroid dienone is 1. The van der Waals surface area contributed by atoms with Gasteiger partial charge in [-0.2, -0.15) is 5.10 Å². The molecule has 36 heavy (non-hydrogen) atoms. The van der Waals surface area contributed by atoms with E-state index in [-0.39, 0.29) is 12.2 Å². The zero-order valence-corrected chi connectivity index (χ0v) is 20.8. The molecule has 0 radical (unpaired) electrons. The standard InChI is InChI=1S/C27H24N4O4S/c1-4-35-26(33)22-16(2)29-27-31(24(22)18-10-12-20(34-3)13-11-18)25(32)21(36-27)14-19-15-28-30-23(19)17-8-6-5-7-9-17/h5-15,24H,4H2,1-3H3,(H,28,30)/t24-/m0/s1. The van der Waals surface area contributed by atoms with Crippen molar-refractivity contribution in [3.63, 3.8) is 0 Å². The van der Waals surface area contributed by atoms with E-state index in [0.717, 1.165) is 22.4 Å². The molecule has 0 unspecified atom stereocenters. The Kier molecular flexibility index (Phi) is 6.39. The third-order valence-corrected chi connectivity index (χ3v) is 6.95. The molecule has 4 aromatic rings. The number of hydrogen-bond acceptors (Lipinski definition) is 7. The van der Waals surface area contributed by atoms with Crippen molar-refractivity contribution >= 4 is 23.4 Å². The highest BCUT2D eigenvalue weighted by Gasteiger charge is 2.33. The minimum absolute atomic E-state index is 0.220. The van der Waals surface area contributed by atoms with Crippen LogP contribution >= 0.6 is 11.3 Å². The third kappa shape index (κ3) is 4.18. The molecule has 2 aromatic carbocycles. The van der Waals surface area contributed by atoms with Crippen LogP contribution in [0.3, 0.4) is 0 Å². The molecule has 1 N–H and O–H groups in total. The quantitative estimate of drug-likeness (QED) is 0.410. The van der Waals surface area contributed by atoms with Crippen molar-refractivity contribution in [1.82, 2.24) is 14.8 Å². The fourth-order valence-corrected chi connectivity index (χ4v) is 5.31. The molecule has 0 amide bonds. The van der Waals surface area contributed by atoms with E-state index in [4.69, 9.17) is 9.47 Å². The molecule has 182 valence electrons. The van der Waals surface area contributed by atoms with Crippen molar-refractivity contribution in [3.8, 4) is 17.0 Å². The number of H-pyrrole nitrogens is 1. The van der Waals surface area contributed by atoms with Crippen LogP contribution in [0.15, 0.2) is 81.9 Å². The van der Waals surface area contributed by atoms with Crippen molar-refractivity contribution in [3.05, 3.63) is 103 Å². The van der Waals surface area contributed by atoms with Crippen LogP contribution in [0.2, 0.25) is 0 Å². The Morgan fingerprint density at radius 3 is 2.61 bits per heavy atom. The van der Waals surface area contributed by atoms with Crippen molar-refractivity contribution in [2.45, 2.75) is 19.9 Å². The molecule has 0 saturated carbocycles. The van der Waals surface area contributed by atoms with E-state index in [9.17, 15) is 9.59 Å². The highest BCUT2D eigenvalue weighted by atomic mass is 32.1. The maximum absolute atomic E-state index is 13.8. The van der Waals surface area contributed by atoms with Gasteiger partial charge in [0, 0.05) is 11.1 Å². The van der Waals surface area contributed by atoms with Gasteiger partial charge in [0.25, 0.3) is 5.56 Å². The van der Waals surface area contributed by atoms with E-state index in [1.54, 1.807) is 43.9 Å². The molecule has 1 aliphatic heterocycles. The molecule has 8 nitrogen and oxygen atoms in total. The van der Waals surface area contributed by atoms with Crippen molar-refractivity contribution in [1.29, 1.82) is 0 Å². The number of nitrogens with one attached hydrogen (secondary N) is 1. The monoisotopic (exact) mass is 500 g/mol. The van der Waals surface area contributed by atoms with E-state index in [1.807, 2.05) is 48.5 Å². The summed E-state index contributed by atoms with van der Waals surface area (Å²) in [5, 5.41) is 7.21. The van der Waals surface area contributed by atoms with Gasteiger partial charge >= 0.3 is 5.97 Å². The fraction of sp³-hybridized carbons (Fsp3) is 0.185. The molecule has 0 bridgehead atoms. The third-order valence-electron chi connectivity index (χ3n) is 5.97. The van der Waals surface area contributed by atoms with Gasteiger partial charge in [-0.3, -0.25) is 14.5 Å². The molecule has 0 spiro atoms. The molecule has 3 heterocycles. The van der Waals surface area contributed by atoms with Gasteiger partial charge in [0.2, 0.25) is 0 Å². The van der Waals surface area contributed by atoms with E-state index < -0.39 is 12.0 Å². The topological polar surface area (TPSA) is 98.6 Å². The first-order valence-corrected chi connectivity index (χ1v) is 12.3. The van der Waals surface area contributed by atoms with Gasteiger partial charge in [-0.25, -0.2) is 9.79 Å². The largest absolute Gasteiger partial charge is 0.497 e. The number of hydrogen-bond donors (Lipinski definition) is 1. The Bertz CT molecular complexity index is 1630. The number of rotatable bonds is 6. The van der Waals surface area contributed by atoms with Crippen LogP contribution in [-0.2, 0) is 9.53 Å². The minimum Gasteiger partial charge on any atom is -0.497 e. The Labute approximate surface area is 210 Å². The number of carbonyl (C=O) groups excluding carboxylic acids is 1. The predicted molar refractivity (Wildman–Crippen MR) is 137 cm³/mol. The fourth-order valence-electron chi connectivity index (χ4n) is 4.28. The summed E-state index contributed by atoms with van der Waals surface area (Å²) in [7, 11) is 1.59. The lowest BCUT2D eigenvalue weighted by Gasteiger charge is -2.24. The van der Waals surface area contributed by atoms with Crippen LogP contribution in [0.1, 0.15) is 31.0 Å². The second-order valence-electron chi connectivity index (χ2n) is 8.14. The number of fused-ring (bicyclic) bond motifs is 1. The molecular formula is C27H24N4O4S. The van der Waals surface area contributed by atoms with E-state index in [1.165, 1.54) is 11.3 Å². The van der Waals surface area contributed by atoms with Crippen LogP contribution in [0, 0.1) is 0 Å². The summed E-state index contributed by atoms with van der Waals surface area (Å²) in [4.78, 5) is 31.9. The number of carbonyl (C=O) groups is 1. The molecule has 0 saturated heterocycles. The molecule has 0 aliphatic carbocycles. The minimum atomic E-state index is -0.675. The summed E-state index contributed by atoms with van der Waals surface area (Å²) >= 11 is 1.28. The van der Waals surface area contributed by atoms with E-state index in [0.29, 0.717) is 26.4 Å². The van der Waals surface area contributed by atoms with Crippen LogP contribution in [0.25, 0.3) is 17.3 Å². The van der Waals surface area contributed by atoms with E-state index in [2.05, 4.69) is 15.2 Å². The maximum Gasteiger partial charge on any atom is 0.338 e. The Hall–Kier alpha value is -4.24. The average molecular weight is 501 g/mol. The molecular weight excluding hydrogens is 476 g/mol. The number of nitrogens with zero attached hydrogens (tertiary/aromatic N) is 3. The molecule has 1 aliphatic rings. The summed E-state index contributed by atoms with van der Waals surface area (Å²) in [6.07, 6.45) is 3.50. The van der Waals surface area contributed by atoms with E-state index >= 15 is 0 Å². The highest BCUT2D eigenvalue weighted by molar-refractivity contribution is 7.07. The van der Waals surface area contributed by atoms with Gasteiger partial charge in [0.15, 0.2) is 4.80 Å². The van der Waals surface area contributed by atoms with Crippen LogP contribution in [0.4, 0.5) is 0 Å². The summed E-state index contributed by atoms with van der Waals surface area (Å²) < 4.78 is 12.7. The number of ether oxygens (including phenoxy) is 2. The lowest BCUT2D eigenvalue weighted by molar-refractivity contribution is -0.139. The van der Waals surface area contributed by atoms with Gasteiger partial charge in [-0.15, -0.1) is 0 Å². The van der Waals surface area contributed by atoms with Gasteiger partial charge < -0.3 is 9.47 Å². The number of methoxy groups -OCH3 is 1. The number of aromatic amines is 1. The van der Waals surface area contributed by atoms with Crippen molar-refractivity contribution in [2.24, 2.45) is 4.99 Å². The Morgan fingerprint density at radius 1 is 1.17 bits per heavy atom. The number of aromatic nitrogens is 3. The van der Waals surface area contributed by atoms with Crippen LogP contribution in [0.5, 0.6) is 5.75 Å². The number of esters is 1. The zero-order chi connectivity index (χ0) is 25.2. The number of benzene rings is 2. The van der Waals surface area contributed by atoms with Gasteiger partial charge in [0.05, 0.1) is 47.5 Å². The second kappa shape index (κ2) is 9.79. The lowest BCUT2D eigenvalue weighted by Crippen LogP contribution is -2.39.